The highest BCUT2D eigenvalue weighted by Gasteiger charge is 2.14. The molecule has 0 spiro atoms. The van der Waals surface area contributed by atoms with Crippen molar-refractivity contribution in [1.82, 2.24) is 5.43 Å². The summed E-state index contributed by atoms with van der Waals surface area (Å²) >= 11 is 15.2. The van der Waals surface area contributed by atoms with Crippen LogP contribution in [0.4, 0.5) is 0 Å². The lowest BCUT2D eigenvalue weighted by Crippen LogP contribution is -2.18. The molecule has 152 valence electrons. The van der Waals surface area contributed by atoms with Crippen molar-refractivity contribution in [2.45, 2.75) is 6.92 Å². The van der Waals surface area contributed by atoms with E-state index in [-0.39, 0.29) is 10.6 Å². The molecular weight excluding hydrogens is 491 g/mol. The third-order valence-corrected chi connectivity index (χ3v) is 5.13. The van der Waals surface area contributed by atoms with Crippen LogP contribution in [0, 0.1) is 6.92 Å². The minimum atomic E-state index is -0.499. The highest BCUT2D eigenvalue weighted by Crippen LogP contribution is 2.24. The average molecular weight is 506 g/mol. The van der Waals surface area contributed by atoms with E-state index >= 15 is 0 Å². The van der Waals surface area contributed by atoms with Gasteiger partial charge in [-0.3, -0.25) is 4.79 Å². The van der Waals surface area contributed by atoms with E-state index in [9.17, 15) is 9.59 Å². The summed E-state index contributed by atoms with van der Waals surface area (Å²) in [7, 11) is 0. The van der Waals surface area contributed by atoms with Crippen LogP contribution < -0.4 is 10.2 Å². The third kappa shape index (κ3) is 5.48. The fourth-order valence-electron chi connectivity index (χ4n) is 2.56. The highest BCUT2D eigenvalue weighted by atomic mass is 79.9. The highest BCUT2D eigenvalue weighted by molar-refractivity contribution is 9.10. The molecule has 1 N–H and O–H groups in total. The molecule has 0 bridgehead atoms. The summed E-state index contributed by atoms with van der Waals surface area (Å²) in [6, 6.07) is 16.8. The van der Waals surface area contributed by atoms with Gasteiger partial charge in [0.2, 0.25) is 0 Å². The zero-order valence-electron chi connectivity index (χ0n) is 15.7. The Balaban J connectivity index is 1.77. The summed E-state index contributed by atoms with van der Waals surface area (Å²) in [6.45, 7) is 1.83. The number of nitrogens with zero attached hydrogens (tertiary/aromatic N) is 1. The summed E-state index contributed by atoms with van der Waals surface area (Å²) in [6.07, 6.45) is 1.38. The molecule has 1 amide bonds. The summed E-state index contributed by atoms with van der Waals surface area (Å²) in [5.41, 5.74) is 4.40. The number of hydrazone groups is 1. The second kappa shape index (κ2) is 9.89. The first-order chi connectivity index (χ1) is 14.3. The van der Waals surface area contributed by atoms with Crippen molar-refractivity contribution in [3.05, 3.63) is 97.4 Å². The number of aryl methyl sites for hydroxylation is 1. The van der Waals surface area contributed by atoms with Crippen LogP contribution in [-0.4, -0.2) is 18.1 Å². The molecule has 5 nitrogen and oxygen atoms in total. The molecule has 0 aliphatic rings. The number of rotatable bonds is 5. The van der Waals surface area contributed by atoms with E-state index in [4.69, 9.17) is 27.9 Å². The van der Waals surface area contributed by atoms with E-state index < -0.39 is 11.9 Å². The van der Waals surface area contributed by atoms with Crippen LogP contribution in [0.2, 0.25) is 10.0 Å². The van der Waals surface area contributed by atoms with Gasteiger partial charge in [-0.1, -0.05) is 57.3 Å². The van der Waals surface area contributed by atoms with Gasteiger partial charge in [-0.25, -0.2) is 10.2 Å². The molecule has 0 aromatic heterocycles. The minimum Gasteiger partial charge on any atom is -0.422 e. The van der Waals surface area contributed by atoms with E-state index in [0.29, 0.717) is 21.9 Å². The van der Waals surface area contributed by atoms with Gasteiger partial charge < -0.3 is 4.74 Å². The molecule has 30 heavy (non-hydrogen) atoms. The van der Waals surface area contributed by atoms with Gasteiger partial charge in [0, 0.05) is 15.1 Å². The Morgan fingerprint density at radius 1 is 1.03 bits per heavy atom. The summed E-state index contributed by atoms with van der Waals surface area (Å²) in [5, 5.41) is 4.59. The third-order valence-electron chi connectivity index (χ3n) is 4.08. The maximum atomic E-state index is 12.5. The first kappa shape index (κ1) is 22.0. The van der Waals surface area contributed by atoms with Crippen molar-refractivity contribution in [3.63, 3.8) is 0 Å². The normalized spacial score (nSPS) is 10.8. The lowest BCUT2D eigenvalue weighted by Gasteiger charge is -2.09. The molecule has 3 aromatic carbocycles. The largest absolute Gasteiger partial charge is 0.422 e. The molecule has 0 atom stereocenters. The quantitative estimate of drug-likeness (QED) is 0.199. The summed E-state index contributed by atoms with van der Waals surface area (Å²) in [4.78, 5) is 24.8. The molecule has 0 aliphatic carbocycles. The van der Waals surface area contributed by atoms with Crippen molar-refractivity contribution in [3.8, 4) is 5.75 Å². The van der Waals surface area contributed by atoms with Crippen LogP contribution in [0.1, 0.15) is 31.8 Å². The molecule has 3 aromatic rings. The van der Waals surface area contributed by atoms with Crippen LogP contribution in [0.25, 0.3) is 0 Å². The van der Waals surface area contributed by atoms with Crippen LogP contribution in [0.3, 0.4) is 0 Å². The average Bonchev–Trinajstić information content (AvgIpc) is 2.70. The number of halogens is 3. The predicted molar refractivity (Wildman–Crippen MR) is 122 cm³/mol. The predicted octanol–water partition coefficient (Wildman–Crippen LogP) is 6.05. The summed E-state index contributed by atoms with van der Waals surface area (Å²) in [5.74, 6) is -0.683. The number of hydrogen-bond donors (Lipinski definition) is 1. The molecule has 0 saturated carbocycles. The van der Waals surface area contributed by atoms with E-state index in [1.165, 1.54) is 18.3 Å². The van der Waals surface area contributed by atoms with E-state index in [0.717, 1.165) is 10.0 Å². The first-order valence-electron chi connectivity index (χ1n) is 8.71. The van der Waals surface area contributed by atoms with Crippen LogP contribution >= 0.6 is 39.1 Å². The molecule has 0 fully saturated rings. The smallest absolute Gasteiger partial charge is 0.343 e. The topological polar surface area (TPSA) is 67.8 Å². The second-order valence-electron chi connectivity index (χ2n) is 6.21. The Morgan fingerprint density at radius 3 is 2.53 bits per heavy atom. The van der Waals surface area contributed by atoms with Crippen LogP contribution in [0.5, 0.6) is 5.75 Å². The number of hydrogen-bond acceptors (Lipinski definition) is 4. The number of amides is 1. The monoisotopic (exact) mass is 504 g/mol. The zero-order valence-corrected chi connectivity index (χ0v) is 18.8. The standard InChI is InChI=1S/C22H15BrCl2N2O3/c1-13-4-2-3-5-17(13)22(29)30-20-9-6-15(23)10-14(20)12-26-27-21(28)18-8-7-16(24)11-19(18)25/h2-12H,1H3,(H,27,28). The SMILES string of the molecule is Cc1ccccc1C(=O)Oc1ccc(Br)cc1C=NNC(=O)c1ccc(Cl)cc1Cl. The lowest BCUT2D eigenvalue weighted by molar-refractivity contribution is 0.0733. The van der Waals surface area contributed by atoms with Crippen molar-refractivity contribution >= 4 is 57.2 Å². The van der Waals surface area contributed by atoms with E-state index in [2.05, 4.69) is 26.5 Å². The Hall–Kier alpha value is -2.67. The van der Waals surface area contributed by atoms with Gasteiger partial charge in [0.1, 0.15) is 5.75 Å². The van der Waals surface area contributed by atoms with Gasteiger partial charge in [0.05, 0.1) is 22.4 Å². The molecule has 0 heterocycles. The molecule has 0 aliphatic heterocycles. The molecule has 0 unspecified atom stereocenters. The Bertz CT molecular complexity index is 1150. The fraction of sp³-hybridized carbons (Fsp3) is 0.0455. The van der Waals surface area contributed by atoms with Gasteiger partial charge in [0.25, 0.3) is 5.91 Å². The van der Waals surface area contributed by atoms with Crippen molar-refractivity contribution in [2.24, 2.45) is 5.10 Å². The summed E-state index contributed by atoms with van der Waals surface area (Å²) < 4.78 is 6.30. The van der Waals surface area contributed by atoms with Crippen molar-refractivity contribution < 1.29 is 14.3 Å². The van der Waals surface area contributed by atoms with Crippen molar-refractivity contribution in [2.75, 3.05) is 0 Å². The van der Waals surface area contributed by atoms with Gasteiger partial charge in [-0.05, 0) is 55.0 Å². The molecular formula is C22H15BrCl2N2O3. The number of ether oxygens (including phenoxy) is 1. The van der Waals surface area contributed by atoms with Crippen LogP contribution in [0.15, 0.2) is 70.2 Å². The van der Waals surface area contributed by atoms with Gasteiger partial charge in [-0.2, -0.15) is 5.10 Å². The van der Waals surface area contributed by atoms with Gasteiger partial charge in [0.15, 0.2) is 0 Å². The zero-order chi connectivity index (χ0) is 21.7. The number of carbonyl (C=O) groups is 2. The fourth-order valence-corrected chi connectivity index (χ4v) is 3.44. The number of esters is 1. The maximum absolute atomic E-state index is 12.5. The maximum Gasteiger partial charge on any atom is 0.343 e. The molecule has 0 radical (unpaired) electrons. The Labute approximate surface area is 191 Å². The second-order valence-corrected chi connectivity index (χ2v) is 7.97. The molecule has 0 saturated heterocycles. The Morgan fingerprint density at radius 2 is 1.80 bits per heavy atom. The van der Waals surface area contributed by atoms with Gasteiger partial charge >= 0.3 is 5.97 Å². The van der Waals surface area contributed by atoms with E-state index in [1.54, 1.807) is 36.4 Å². The minimum absolute atomic E-state index is 0.213. The first-order valence-corrected chi connectivity index (χ1v) is 10.3. The van der Waals surface area contributed by atoms with Crippen LogP contribution in [-0.2, 0) is 0 Å². The molecule has 8 heteroatoms. The Kier molecular flexibility index (Phi) is 7.26. The van der Waals surface area contributed by atoms with Crippen molar-refractivity contribution in [1.29, 1.82) is 0 Å². The van der Waals surface area contributed by atoms with E-state index in [1.807, 2.05) is 19.1 Å². The molecule has 3 rings (SSSR count). The number of nitrogens with one attached hydrogen (secondary N) is 1. The van der Waals surface area contributed by atoms with Gasteiger partial charge in [-0.15, -0.1) is 0 Å². The lowest BCUT2D eigenvalue weighted by atomic mass is 10.1. The number of benzene rings is 3. The number of carbonyl (C=O) groups excluding carboxylic acids is 2.